The SMILES string of the molecule is CCOC(=O)c1nn(-c2ccccc2)c(=Nc2cccc3ccccc23)s1. The van der Waals surface area contributed by atoms with E-state index in [1.807, 2.05) is 60.7 Å². The monoisotopic (exact) mass is 375 g/mol. The summed E-state index contributed by atoms with van der Waals surface area (Å²) in [6, 6.07) is 23.7. The van der Waals surface area contributed by atoms with E-state index in [0.717, 1.165) is 22.1 Å². The lowest BCUT2D eigenvalue weighted by molar-refractivity contribution is 0.0524. The van der Waals surface area contributed by atoms with E-state index >= 15 is 0 Å². The van der Waals surface area contributed by atoms with Gasteiger partial charge in [0.2, 0.25) is 9.81 Å². The molecule has 134 valence electrons. The Kier molecular flexibility index (Phi) is 4.80. The minimum Gasteiger partial charge on any atom is -0.461 e. The third-order valence-electron chi connectivity index (χ3n) is 3.99. The lowest BCUT2D eigenvalue weighted by Gasteiger charge is -2.02. The molecule has 0 saturated carbocycles. The van der Waals surface area contributed by atoms with Gasteiger partial charge in [0.1, 0.15) is 0 Å². The fourth-order valence-corrected chi connectivity index (χ4v) is 3.59. The lowest BCUT2D eigenvalue weighted by Crippen LogP contribution is -2.14. The zero-order chi connectivity index (χ0) is 18.6. The van der Waals surface area contributed by atoms with E-state index < -0.39 is 5.97 Å². The van der Waals surface area contributed by atoms with Gasteiger partial charge in [-0.25, -0.2) is 14.5 Å². The fraction of sp³-hybridized carbons (Fsp3) is 0.0952. The summed E-state index contributed by atoms with van der Waals surface area (Å²) in [5.41, 5.74) is 1.67. The van der Waals surface area contributed by atoms with Crippen LogP contribution in [0.4, 0.5) is 5.69 Å². The molecule has 0 aliphatic carbocycles. The van der Waals surface area contributed by atoms with Crippen LogP contribution < -0.4 is 4.80 Å². The molecule has 0 bridgehead atoms. The normalized spacial score (nSPS) is 11.7. The summed E-state index contributed by atoms with van der Waals surface area (Å²) in [5, 5.41) is 6.88. The van der Waals surface area contributed by atoms with Crippen molar-refractivity contribution in [2.45, 2.75) is 6.92 Å². The molecule has 0 amide bonds. The van der Waals surface area contributed by atoms with Gasteiger partial charge in [-0.05, 0) is 30.5 Å². The van der Waals surface area contributed by atoms with Crippen molar-refractivity contribution in [3.8, 4) is 5.69 Å². The van der Waals surface area contributed by atoms with Gasteiger partial charge in [0.15, 0.2) is 0 Å². The zero-order valence-corrected chi connectivity index (χ0v) is 15.5. The van der Waals surface area contributed by atoms with Gasteiger partial charge in [0, 0.05) is 5.39 Å². The summed E-state index contributed by atoms with van der Waals surface area (Å²) in [6.07, 6.45) is 0. The summed E-state index contributed by atoms with van der Waals surface area (Å²) in [5.74, 6) is -0.438. The van der Waals surface area contributed by atoms with Crippen LogP contribution in [0.5, 0.6) is 0 Å². The maximum absolute atomic E-state index is 12.2. The number of para-hydroxylation sites is 1. The molecule has 3 aromatic carbocycles. The molecular formula is C21H17N3O2S. The lowest BCUT2D eigenvalue weighted by atomic mass is 10.1. The second kappa shape index (κ2) is 7.55. The van der Waals surface area contributed by atoms with Gasteiger partial charge in [-0.1, -0.05) is 65.9 Å². The van der Waals surface area contributed by atoms with Gasteiger partial charge in [-0.2, -0.15) is 0 Å². The van der Waals surface area contributed by atoms with Crippen LogP contribution >= 0.6 is 11.3 Å². The average molecular weight is 375 g/mol. The number of fused-ring (bicyclic) bond motifs is 1. The van der Waals surface area contributed by atoms with Gasteiger partial charge < -0.3 is 4.74 Å². The molecule has 0 aliphatic rings. The number of esters is 1. The van der Waals surface area contributed by atoms with Gasteiger partial charge >= 0.3 is 5.97 Å². The van der Waals surface area contributed by atoms with Crippen molar-refractivity contribution < 1.29 is 9.53 Å². The molecule has 0 saturated heterocycles. The molecule has 6 heteroatoms. The minimum absolute atomic E-state index is 0.277. The van der Waals surface area contributed by atoms with Crippen LogP contribution in [0.1, 0.15) is 16.7 Å². The van der Waals surface area contributed by atoms with Crippen LogP contribution in [0.15, 0.2) is 77.8 Å². The number of hydrogen-bond acceptors (Lipinski definition) is 5. The van der Waals surface area contributed by atoms with Crippen LogP contribution in [-0.4, -0.2) is 22.4 Å². The molecule has 0 atom stereocenters. The molecule has 0 spiro atoms. The quantitative estimate of drug-likeness (QED) is 0.494. The van der Waals surface area contributed by atoms with Crippen molar-refractivity contribution in [3.05, 3.63) is 82.6 Å². The number of benzene rings is 3. The van der Waals surface area contributed by atoms with Crippen molar-refractivity contribution in [2.24, 2.45) is 4.99 Å². The molecule has 27 heavy (non-hydrogen) atoms. The number of nitrogens with zero attached hydrogens (tertiary/aromatic N) is 3. The summed E-state index contributed by atoms with van der Waals surface area (Å²) in [7, 11) is 0. The maximum atomic E-state index is 12.2. The predicted octanol–water partition coefficient (Wildman–Crippen LogP) is 4.50. The fourth-order valence-electron chi connectivity index (χ4n) is 2.78. The summed E-state index contributed by atoms with van der Waals surface area (Å²) in [6.45, 7) is 2.08. The molecule has 4 aromatic rings. The molecule has 0 fully saturated rings. The molecule has 0 radical (unpaired) electrons. The van der Waals surface area contributed by atoms with Crippen molar-refractivity contribution in [2.75, 3.05) is 6.61 Å². The second-order valence-corrected chi connectivity index (χ2v) is 6.72. The van der Waals surface area contributed by atoms with Crippen molar-refractivity contribution in [1.29, 1.82) is 0 Å². The topological polar surface area (TPSA) is 56.5 Å². The number of carbonyl (C=O) groups is 1. The first-order valence-electron chi connectivity index (χ1n) is 8.61. The summed E-state index contributed by atoms with van der Waals surface area (Å²) in [4.78, 5) is 17.6. The average Bonchev–Trinajstić information content (AvgIpc) is 3.13. The highest BCUT2D eigenvalue weighted by Gasteiger charge is 2.15. The smallest absolute Gasteiger partial charge is 0.369 e. The highest BCUT2D eigenvalue weighted by molar-refractivity contribution is 7.10. The minimum atomic E-state index is -0.438. The third kappa shape index (κ3) is 3.52. The van der Waals surface area contributed by atoms with Gasteiger partial charge in [0.05, 0.1) is 18.0 Å². The number of ether oxygens (including phenoxy) is 1. The highest BCUT2D eigenvalue weighted by atomic mass is 32.1. The first-order valence-corrected chi connectivity index (χ1v) is 9.43. The van der Waals surface area contributed by atoms with Gasteiger partial charge in [0.25, 0.3) is 0 Å². The molecule has 1 aromatic heterocycles. The van der Waals surface area contributed by atoms with Crippen LogP contribution in [0.25, 0.3) is 16.5 Å². The predicted molar refractivity (Wildman–Crippen MR) is 107 cm³/mol. The Bertz CT molecular complexity index is 1160. The molecule has 1 heterocycles. The Balaban J connectivity index is 1.93. The Hall–Kier alpha value is -3.25. The van der Waals surface area contributed by atoms with Crippen LogP contribution in [0.2, 0.25) is 0 Å². The van der Waals surface area contributed by atoms with E-state index in [1.54, 1.807) is 11.6 Å². The maximum Gasteiger partial charge on any atom is 0.369 e. The summed E-state index contributed by atoms with van der Waals surface area (Å²) >= 11 is 1.22. The number of rotatable bonds is 4. The van der Waals surface area contributed by atoms with Crippen molar-refractivity contribution in [3.63, 3.8) is 0 Å². The largest absolute Gasteiger partial charge is 0.461 e. The van der Waals surface area contributed by atoms with E-state index in [4.69, 9.17) is 9.73 Å². The number of carbonyl (C=O) groups excluding carboxylic acids is 1. The Morgan fingerprint density at radius 3 is 2.59 bits per heavy atom. The van der Waals surface area contributed by atoms with E-state index in [0.29, 0.717) is 11.4 Å². The molecule has 0 aliphatic heterocycles. The van der Waals surface area contributed by atoms with E-state index in [-0.39, 0.29) is 5.01 Å². The molecular weight excluding hydrogens is 358 g/mol. The summed E-state index contributed by atoms with van der Waals surface area (Å²) < 4.78 is 6.79. The Labute approximate surface area is 160 Å². The Morgan fingerprint density at radius 2 is 1.78 bits per heavy atom. The zero-order valence-electron chi connectivity index (χ0n) is 14.7. The molecule has 5 nitrogen and oxygen atoms in total. The second-order valence-electron chi connectivity index (χ2n) is 5.77. The molecule has 4 rings (SSSR count). The highest BCUT2D eigenvalue weighted by Crippen LogP contribution is 2.25. The van der Waals surface area contributed by atoms with E-state index in [1.165, 1.54) is 11.3 Å². The molecule has 0 unspecified atom stereocenters. The van der Waals surface area contributed by atoms with Gasteiger partial charge in [-0.15, -0.1) is 5.10 Å². The standard InChI is InChI=1S/C21H17N3O2S/c1-2-26-20(25)19-23-24(16-11-4-3-5-12-16)21(27-19)22-18-14-8-10-15-9-6-7-13-17(15)18/h3-14H,2H2,1H3. The van der Waals surface area contributed by atoms with Crippen LogP contribution in [0, 0.1) is 0 Å². The van der Waals surface area contributed by atoms with E-state index in [9.17, 15) is 4.79 Å². The molecule has 0 N–H and O–H groups in total. The van der Waals surface area contributed by atoms with Crippen LogP contribution in [0.3, 0.4) is 0 Å². The number of hydrogen-bond donors (Lipinski definition) is 0. The third-order valence-corrected chi connectivity index (χ3v) is 4.88. The van der Waals surface area contributed by atoms with Gasteiger partial charge in [-0.3, -0.25) is 0 Å². The number of aromatic nitrogens is 2. The first-order chi connectivity index (χ1) is 13.3. The first kappa shape index (κ1) is 17.2. The Morgan fingerprint density at radius 1 is 1.04 bits per heavy atom. The van der Waals surface area contributed by atoms with Crippen molar-refractivity contribution >= 4 is 33.8 Å². The van der Waals surface area contributed by atoms with E-state index in [2.05, 4.69) is 17.2 Å². The van der Waals surface area contributed by atoms with Crippen molar-refractivity contribution in [1.82, 2.24) is 9.78 Å². The van der Waals surface area contributed by atoms with Crippen LogP contribution in [-0.2, 0) is 4.74 Å².